The van der Waals surface area contributed by atoms with E-state index in [0.29, 0.717) is 28.6 Å². The zero-order valence-electron chi connectivity index (χ0n) is 15.6. The quantitative estimate of drug-likeness (QED) is 0.652. The van der Waals surface area contributed by atoms with E-state index in [1.165, 1.54) is 12.4 Å². The first-order valence-electron chi connectivity index (χ1n) is 8.64. The van der Waals surface area contributed by atoms with Gasteiger partial charge in [0.15, 0.2) is 17.5 Å². The molecule has 1 amide bonds. The second kappa shape index (κ2) is 8.27. The number of carbonyl (C=O) groups is 1. The number of carbonyl (C=O) groups excluding carboxylic acids is 1. The van der Waals surface area contributed by atoms with Crippen LogP contribution in [0.3, 0.4) is 0 Å². The Labute approximate surface area is 170 Å². The largest absolute Gasteiger partial charge is 0.342 e. The highest BCUT2D eigenvalue weighted by atomic mass is 79.9. The van der Waals surface area contributed by atoms with Gasteiger partial charge >= 0.3 is 0 Å². The van der Waals surface area contributed by atoms with Crippen LogP contribution in [0, 0.1) is 11.3 Å². The van der Waals surface area contributed by atoms with Crippen molar-refractivity contribution in [2.24, 2.45) is 0 Å². The molecule has 3 aromatic rings. The first-order chi connectivity index (χ1) is 13.4. The fourth-order valence-electron chi connectivity index (χ4n) is 2.49. The maximum absolute atomic E-state index is 12.6. The minimum atomic E-state index is -0.427. The van der Waals surface area contributed by atoms with Gasteiger partial charge in [0, 0.05) is 29.0 Å². The molecule has 0 bridgehead atoms. The lowest BCUT2D eigenvalue weighted by Gasteiger charge is -2.14. The van der Waals surface area contributed by atoms with Crippen LogP contribution in [0.4, 0.5) is 0 Å². The topological polar surface area (TPSA) is 109 Å². The maximum Gasteiger partial charge on any atom is 0.253 e. The molecule has 3 rings (SSSR count). The van der Waals surface area contributed by atoms with Crippen LogP contribution in [0.15, 0.2) is 41.3 Å². The molecular formula is C19H18BrN7O. The molecule has 1 N–H and O–H groups in total. The van der Waals surface area contributed by atoms with Gasteiger partial charge in [-0.15, -0.1) is 5.10 Å². The number of halogens is 1. The molecule has 1 atom stereocenters. The van der Waals surface area contributed by atoms with Crippen LogP contribution in [0.5, 0.6) is 0 Å². The summed E-state index contributed by atoms with van der Waals surface area (Å²) in [6, 6.07) is 6.68. The van der Waals surface area contributed by atoms with Gasteiger partial charge in [0.05, 0.1) is 17.2 Å². The van der Waals surface area contributed by atoms with Crippen molar-refractivity contribution >= 4 is 21.8 Å². The predicted molar refractivity (Wildman–Crippen MR) is 106 cm³/mol. The van der Waals surface area contributed by atoms with Gasteiger partial charge in [-0.05, 0) is 41.1 Å². The van der Waals surface area contributed by atoms with E-state index >= 15 is 0 Å². The van der Waals surface area contributed by atoms with E-state index in [0.717, 1.165) is 4.47 Å². The third-order valence-electron chi connectivity index (χ3n) is 3.96. The Morgan fingerprint density at radius 3 is 2.64 bits per heavy atom. The highest BCUT2D eigenvalue weighted by Crippen LogP contribution is 2.20. The lowest BCUT2D eigenvalue weighted by atomic mass is 10.2. The van der Waals surface area contributed by atoms with Crippen LogP contribution in [0.1, 0.15) is 60.3 Å². The van der Waals surface area contributed by atoms with Gasteiger partial charge in [-0.25, -0.2) is 9.97 Å². The molecular weight excluding hydrogens is 422 g/mol. The van der Waals surface area contributed by atoms with Crippen LogP contribution in [0.25, 0.3) is 5.82 Å². The number of nitrogens with zero attached hydrogens (tertiary/aromatic N) is 6. The summed E-state index contributed by atoms with van der Waals surface area (Å²) in [5, 5.41) is 16.4. The van der Waals surface area contributed by atoms with E-state index < -0.39 is 6.04 Å². The van der Waals surface area contributed by atoms with Crippen molar-refractivity contribution < 1.29 is 4.79 Å². The fraction of sp³-hybridized carbons (Fsp3) is 0.263. The number of hydrogen-bond acceptors (Lipinski definition) is 6. The van der Waals surface area contributed by atoms with Gasteiger partial charge in [-0.1, -0.05) is 13.8 Å². The molecule has 28 heavy (non-hydrogen) atoms. The fourth-order valence-corrected chi connectivity index (χ4v) is 2.86. The van der Waals surface area contributed by atoms with Crippen LogP contribution < -0.4 is 5.32 Å². The minimum Gasteiger partial charge on any atom is -0.342 e. The first kappa shape index (κ1) is 19.6. The van der Waals surface area contributed by atoms with E-state index in [9.17, 15) is 4.79 Å². The highest BCUT2D eigenvalue weighted by molar-refractivity contribution is 9.10. The lowest BCUT2D eigenvalue weighted by Crippen LogP contribution is -2.29. The van der Waals surface area contributed by atoms with Crippen molar-refractivity contribution in [1.29, 1.82) is 5.26 Å². The van der Waals surface area contributed by atoms with E-state index in [1.54, 1.807) is 29.1 Å². The highest BCUT2D eigenvalue weighted by Gasteiger charge is 2.22. The molecule has 8 nitrogen and oxygen atoms in total. The van der Waals surface area contributed by atoms with Crippen molar-refractivity contribution in [3.8, 4) is 11.9 Å². The molecule has 3 aromatic heterocycles. The van der Waals surface area contributed by atoms with E-state index in [-0.39, 0.29) is 11.8 Å². The van der Waals surface area contributed by atoms with Crippen molar-refractivity contribution in [2.75, 3.05) is 0 Å². The SMILES string of the molecule is CC(C)c1nc([C@H](C)NC(=O)c2cncc(Br)c2)n(-c2ccc(C#N)cn2)n1. The molecule has 0 spiro atoms. The van der Waals surface area contributed by atoms with E-state index in [2.05, 4.69) is 41.3 Å². The Hall–Kier alpha value is -3.12. The van der Waals surface area contributed by atoms with Crippen molar-refractivity contribution in [2.45, 2.75) is 32.7 Å². The van der Waals surface area contributed by atoms with Gasteiger partial charge in [0.1, 0.15) is 6.07 Å². The second-order valence-electron chi connectivity index (χ2n) is 6.50. The summed E-state index contributed by atoms with van der Waals surface area (Å²) in [6.45, 7) is 5.82. The molecule has 0 saturated carbocycles. The number of pyridine rings is 2. The average Bonchev–Trinajstić information content (AvgIpc) is 3.14. The molecule has 0 saturated heterocycles. The summed E-state index contributed by atoms with van der Waals surface area (Å²) in [7, 11) is 0. The number of rotatable bonds is 5. The molecule has 142 valence electrons. The van der Waals surface area contributed by atoms with Gasteiger partial charge in [0.2, 0.25) is 0 Å². The van der Waals surface area contributed by atoms with Crippen LogP contribution in [0.2, 0.25) is 0 Å². The van der Waals surface area contributed by atoms with Gasteiger partial charge in [-0.3, -0.25) is 9.78 Å². The summed E-state index contributed by atoms with van der Waals surface area (Å²) in [5.74, 6) is 1.56. The number of nitrogens with one attached hydrogen (secondary N) is 1. The third-order valence-corrected chi connectivity index (χ3v) is 4.39. The molecule has 9 heteroatoms. The van der Waals surface area contributed by atoms with Crippen molar-refractivity contribution in [1.82, 2.24) is 30.0 Å². The Balaban J connectivity index is 1.93. The van der Waals surface area contributed by atoms with Gasteiger partial charge in [0.25, 0.3) is 5.91 Å². The monoisotopic (exact) mass is 439 g/mol. The number of hydrogen-bond donors (Lipinski definition) is 1. The summed E-state index contributed by atoms with van der Waals surface area (Å²) in [6.07, 6.45) is 4.59. The molecule has 0 aromatic carbocycles. The number of nitriles is 1. The van der Waals surface area contributed by atoms with Crippen LogP contribution in [-0.4, -0.2) is 30.6 Å². The lowest BCUT2D eigenvalue weighted by molar-refractivity contribution is 0.0937. The number of aromatic nitrogens is 5. The standard InChI is InChI=1S/C19H18BrN7O/c1-11(2)17-25-18(27(26-17)16-5-4-13(7-21)8-23-16)12(3)24-19(28)14-6-15(20)10-22-9-14/h4-6,8-12H,1-3H3,(H,24,28)/t12-/m0/s1. The molecule has 0 aliphatic rings. The normalized spacial score (nSPS) is 11.9. The minimum absolute atomic E-state index is 0.107. The first-order valence-corrected chi connectivity index (χ1v) is 9.43. The van der Waals surface area contributed by atoms with Crippen LogP contribution >= 0.6 is 15.9 Å². The number of amides is 1. The Morgan fingerprint density at radius 1 is 1.25 bits per heavy atom. The van der Waals surface area contributed by atoms with Crippen molar-refractivity contribution in [3.63, 3.8) is 0 Å². The molecule has 0 unspecified atom stereocenters. The summed E-state index contributed by atoms with van der Waals surface area (Å²) in [4.78, 5) is 25.5. The van der Waals surface area contributed by atoms with Gasteiger partial charge < -0.3 is 5.32 Å². The summed E-state index contributed by atoms with van der Waals surface area (Å²) in [5.41, 5.74) is 0.894. The molecule has 0 radical (unpaired) electrons. The maximum atomic E-state index is 12.6. The summed E-state index contributed by atoms with van der Waals surface area (Å²) < 4.78 is 2.32. The molecule has 0 aliphatic carbocycles. The predicted octanol–water partition coefficient (Wildman–Crippen LogP) is 3.31. The van der Waals surface area contributed by atoms with E-state index in [4.69, 9.17) is 5.26 Å². The smallest absolute Gasteiger partial charge is 0.253 e. The second-order valence-corrected chi connectivity index (χ2v) is 7.41. The zero-order valence-corrected chi connectivity index (χ0v) is 17.2. The Kier molecular flexibility index (Phi) is 5.80. The summed E-state index contributed by atoms with van der Waals surface area (Å²) >= 11 is 3.31. The van der Waals surface area contributed by atoms with E-state index in [1.807, 2.05) is 26.8 Å². The third kappa shape index (κ3) is 4.23. The molecule has 0 aliphatic heterocycles. The Morgan fingerprint density at radius 2 is 2.04 bits per heavy atom. The average molecular weight is 440 g/mol. The Bertz CT molecular complexity index is 1040. The molecule has 0 fully saturated rings. The van der Waals surface area contributed by atoms with Crippen molar-refractivity contribution in [3.05, 3.63) is 64.0 Å². The zero-order chi connectivity index (χ0) is 20.3. The molecule has 3 heterocycles. The van der Waals surface area contributed by atoms with Crippen LogP contribution in [-0.2, 0) is 0 Å². The van der Waals surface area contributed by atoms with Gasteiger partial charge in [-0.2, -0.15) is 9.94 Å².